The van der Waals surface area contributed by atoms with Gasteiger partial charge < -0.3 is 15.0 Å². The molecular formula is C44H47ClN6O6. The maximum Gasteiger partial charge on any atom is 0.262 e. The molecule has 0 radical (unpaired) electrons. The summed E-state index contributed by atoms with van der Waals surface area (Å²) in [4.78, 5) is 70.1. The highest BCUT2D eigenvalue weighted by molar-refractivity contribution is 6.31. The Morgan fingerprint density at radius 3 is 2.25 bits per heavy atom. The van der Waals surface area contributed by atoms with Gasteiger partial charge in [-0.05, 0) is 98.8 Å². The molecule has 4 aliphatic heterocycles. The van der Waals surface area contributed by atoms with Crippen LogP contribution in [0.3, 0.4) is 0 Å². The lowest BCUT2D eigenvalue weighted by Gasteiger charge is -2.63. The Balaban J connectivity index is 0.832. The molecule has 3 aromatic rings. The summed E-state index contributed by atoms with van der Waals surface area (Å²) < 4.78 is 6.38. The van der Waals surface area contributed by atoms with Crippen LogP contribution < -0.4 is 20.3 Å². The average molecular weight is 791 g/mol. The minimum Gasteiger partial charge on any atom is -0.489 e. The third kappa shape index (κ3) is 6.84. The quantitative estimate of drug-likeness (QED) is 0.275. The maximum atomic E-state index is 13.5. The van der Waals surface area contributed by atoms with Gasteiger partial charge in [0, 0.05) is 59.7 Å². The number of carbonyl (C=O) groups is 5. The van der Waals surface area contributed by atoms with Crippen molar-refractivity contribution >= 4 is 46.8 Å². The number of likely N-dealkylation sites (tertiary alicyclic amines) is 1. The fourth-order valence-electron chi connectivity index (χ4n) is 10.2. The number of rotatable bonds is 8. The zero-order valence-electron chi connectivity index (χ0n) is 32.6. The van der Waals surface area contributed by atoms with Crippen molar-refractivity contribution in [3.8, 4) is 11.8 Å². The highest BCUT2D eigenvalue weighted by Crippen LogP contribution is 2.55. The first-order chi connectivity index (χ1) is 27.2. The third-order valence-corrected chi connectivity index (χ3v) is 13.4. The molecular weight excluding hydrogens is 744 g/mol. The Morgan fingerprint density at radius 1 is 0.877 bits per heavy atom. The van der Waals surface area contributed by atoms with Crippen LogP contribution in [0, 0.1) is 22.2 Å². The van der Waals surface area contributed by atoms with Gasteiger partial charge in [0.15, 0.2) is 0 Å². The highest BCUT2D eigenvalue weighted by atomic mass is 35.5. The Morgan fingerprint density at radius 2 is 1.58 bits per heavy atom. The number of benzene rings is 3. The number of nitriles is 1. The lowest BCUT2D eigenvalue weighted by Crippen LogP contribution is -2.74. The minimum atomic E-state index is -0.971. The van der Waals surface area contributed by atoms with E-state index in [1.807, 2.05) is 36.4 Å². The second-order valence-electron chi connectivity index (χ2n) is 17.3. The Labute approximate surface area is 337 Å². The molecule has 5 amide bonds. The second-order valence-corrected chi connectivity index (χ2v) is 17.7. The topological polar surface area (TPSA) is 152 Å². The van der Waals surface area contributed by atoms with Crippen LogP contribution in [0.1, 0.15) is 108 Å². The van der Waals surface area contributed by atoms with Crippen molar-refractivity contribution in [2.75, 3.05) is 31.1 Å². The van der Waals surface area contributed by atoms with Crippen molar-refractivity contribution in [3.05, 3.63) is 93.5 Å². The molecule has 8 rings (SSSR count). The van der Waals surface area contributed by atoms with Crippen molar-refractivity contribution in [1.82, 2.24) is 20.4 Å². The Kier molecular flexibility index (Phi) is 9.89. The summed E-state index contributed by atoms with van der Waals surface area (Å²) in [6.45, 7) is 12.0. The zero-order valence-corrected chi connectivity index (χ0v) is 33.4. The van der Waals surface area contributed by atoms with E-state index in [0.717, 1.165) is 61.6 Å². The number of fused-ring (bicyclic) bond motifs is 1. The smallest absolute Gasteiger partial charge is 0.262 e. The van der Waals surface area contributed by atoms with Crippen molar-refractivity contribution in [2.45, 2.75) is 89.9 Å². The monoisotopic (exact) mass is 790 g/mol. The number of hydrogen-bond acceptors (Lipinski definition) is 9. The number of imide groups is 2. The van der Waals surface area contributed by atoms with Crippen LogP contribution in [0.25, 0.3) is 0 Å². The van der Waals surface area contributed by atoms with E-state index < -0.39 is 29.7 Å². The van der Waals surface area contributed by atoms with E-state index >= 15 is 0 Å². The van der Waals surface area contributed by atoms with Gasteiger partial charge in [-0.2, -0.15) is 5.26 Å². The van der Waals surface area contributed by atoms with E-state index in [1.54, 1.807) is 24.3 Å². The molecule has 2 N–H and O–H groups in total. The number of ether oxygens (including phenoxy) is 1. The number of carbonyl (C=O) groups excluding carboxylic acids is 5. The summed E-state index contributed by atoms with van der Waals surface area (Å²) in [7, 11) is 0. The largest absolute Gasteiger partial charge is 0.489 e. The van der Waals surface area contributed by atoms with Gasteiger partial charge >= 0.3 is 0 Å². The zero-order chi connectivity index (χ0) is 40.4. The molecule has 1 aliphatic carbocycles. The van der Waals surface area contributed by atoms with E-state index in [9.17, 15) is 29.2 Å². The lowest BCUT2D eigenvalue weighted by atomic mass is 9.49. The molecule has 5 aliphatic rings. The van der Waals surface area contributed by atoms with Crippen molar-refractivity contribution in [1.29, 1.82) is 5.26 Å². The summed E-state index contributed by atoms with van der Waals surface area (Å²) in [6, 6.07) is 19.8. The second kappa shape index (κ2) is 14.6. The number of anilines is 1. The SMILES string of the molecule is CC1(C)C(NC(=O)c2ccc(N3CC[C@@H](N4CCC(c5ccc6c(c5)C(=O)N(C5CCC(=O)NC5=O)C6=O)CC4)C3)cc2)C(C)(C)C1Oc1ccc(C#N)c(Cl)c1. The number of halogens is 1. The van der Waals surface area contributed by atoms with Gasteiger partial charge in [-0.1, -0.05) is 45.4 Å². The van der Waals surface area contributed by atoms with Crippen LogP contribution in [-0.4, -0.2) is 89.7 Å². The molecule has 4 fully saturated rings. The molecule has 0 spiro atoms. The summed E-state index contributed by atoms with van der Waals surface area (Å²) in [6.07, 6.45) is 2.95. The van der Waals surface area contributed by atoms with E-state index in [-0.39, 0.29) is 47.6 Å². The molecule has 1 saturated carbocycles. The van der Waals surface area contributed by atoms with E-state index in [0.29, 0.717) is 39.1 Å². The molecule has 13 heteroatoms. The summed E-state index contributed by atoms with van der Waals surface area (Å²) >= 11 is 6.25. The van der Waals surface area contributed by atoms with Crippen molar-refractivity contribution < 1.29 is 28.7 Å². The molecule has 57 heavy (non-hydrogen) atoms. The fraction of sp³-hybridized carbons (Fsp3) is 0.455. The molecule has 12 nitrogen and oxygen atoms in total. The van der Waals surface area contributed by atoms with Crippen LogP contribution in [0.5, 0.6) is 5.75 Å². The molecule has 0 aromatic heterocycles. The standard InChI is InChI=1S/C44H47ClN6O6/c1-43(2)41(44(3,4)42(43)57-31-11-7-28(23-46)34(45)22-31)48-37(53)26-5-9-29(10-6-26)50-20-17-30(24-50)49-18-15-25(16-19-49)27-8-12-32-33(21-27)40(56)51(39(32)55)35-13-14-36(52)47-38(35)54/h5-12,21-22,25,30,35,41-42H,13-20,24H2,1-4H3,(H,48,53)(H,47,52,54)/t30-,35?,41?,42?/m1/s1. The normalized spacial score (nSPS) is 25.8. The van der Waals surface area contributed by atoms with Gasteiger partial charge in [0.1, 0.15) is 24.0 Å². The fourth-order valence-corrected chi connectivity index (χ4v) is 10.5. The number of nitrogens with zero attached hydrogens (tertiary/aromatic N) is 4. The lowest BCUT2D eigenvalue weighted by molar-refractivity contribution is -0.164. The van der Waals surface area contributed by atoms with Gasteiger partial charge in [0.25, 0.3) is 17.7 Å². The van der Waals surface area contributed by atoms with Crippen molar-refractivity contribution in [3.63, 3.8) is 0 Å². The molecule has 3 saturated heterocycles. The van der Waals surface area contributed by atoms with Crippen LogP contribution in [-0.2, 0) is 9.59 Å². The van der Waals surface area contributed by atoms with Crippen LogP contribution >= 0.6 is 11.6 Å². The first-order valence-corrected chi connectivity index (χ1v) is 20.2. The highest BCUT2D eigenvalue weighted by Gasteiger charge is 2.64. The first-order valence-electron chi connectivity index (χ1n) is 19.8. The molecule has 296 valence electrons. The molecule has 2 atom stereocenters. The molecule has 3 aromatic carbocycles. The Bertz CT molecular complexity index is 2190. The van der Waals surface area contributed by atoms with Gasteiger partial charge in [-0.3, -0.25) is 39.1 Å². The predicted octanol–water partition coefficient (Wildman–Crippen LogP) is 5.68. The summed E-state index contributed by atoms with van der Waals surface area (Å²) in [5.41, 5.74) is 3.04. The molecule has 0 bridgehead atoms. The van der Waals surface area contributed by atoms with E-state index in [4.69, 9.17) is 16.3 Å². The van der Waals surface area contributed by atoms with Gasteiger partial charge in [0.2, 0.25) is 11.8 Å². The van der Waals surface area contributed by atoms with Crippen LogP contribution in [0.2, 0.25) is 5.02 Å². The Hall–Kier alpha value is -5.25. The maximum absolute atomic E-state index is 13.5. The van der Waals surface area contributed by atoms with Gasteiger partial charge in [-0.15, -0.1) is 0 Å². The van der Waals surface area contributed by atoms with Crippen molar-refractivity contribution in [2.24, 2.45) is 10.8 Å². The molecule has 4 heterocycles. The first kappa shape index (κ1) is 38.6. The molecule has 1 unspecified atom stereocenters. The summed E-state index contributed by atoms with van der Waals surface area (Å²) in [5.74, 6) is -1.22. The van der Waals surface area contributed by atoms with Crippen LogP contribution in [0.15, 0.2) is 60.7 Å². The minimum absolute atomic E-state index is 0.0919. The predicted molar refractivity (Wildman–Crippen MR) is 213 cm³/mol. The van der Waals surface area contributed by atoms with Gasteiger partial charge in [0.05, 0.1) is 21.7 Å². The number of nitrogens with one attached hydrogen (secondary N) is 2. The van der Waals surface area contributed by atoms with E-state index in [1.165, 1.54) is 0 Å². The van der Waals surface area contributed by atoms with Crippen LogP contribution in [0.4, 0.5) is 5.69 Å². The number of piperidine rings is 2. The van der Waals surface area contributed by atoms with E-state index in [2.05, 4.69) is 54.2 Å². The number of amides is 5. The van der Waals surface area contributed by atoms with Gasteiger partial charge in [-0.25, -0.2) is 0 Å². The summed E-state index contributed by atoms with van der Waals surface area (Å²) in [5, 5.41) is 15.1. The third-order valence-electron chi connectivity index (χ3n) is 13.1. The number of hydrogen-bond donors (Lipinski definition) is 2. The average Bonchev–Trinajstić information content (AvgIpc) is 3.78.